The second kappa shape index (κ2) is 8.75. The molecule has 3 heterocycles. The highest BCUT2D eigenvalue weighted by Crippen LogP contribution is 2.25. The quantitative estimate of drug-likeness (QED) is 0.792. The van der Waals surface area contributed by atoms with E-state index in [1.54, 1.807) is 24.1 Å². The minimum atomic E-state index is -0.776. The molecule has 0 radical (unpaired) electrons. The van der Waals surface area contributed by atoms with Gasteiger partial charge in [-0.15, -0.1) is 0 Å². The van der Waals surface area contributed by atoms with E-state index in [4.69, 9.17) is 0 Å². The maximum absolute atomic E-state index is 12.6. The Bertz CT molecular complexity index is 648. The summed E-state index contributed by atoms with van der Waals surface area (Å²) >= 11 is 0. The Morgan fingerprint density at radius 3 is 2.70 bits per heavy atom. The second-order valence-electron chi connectivity index (χ2n) is 7.72. The van der Waals surface area contributed by atoms with Gasteiger partial charge in [0.15, 0.2) is 0 Å². The van der Waals surface area contributed by atoms with Crippen LogP contribution in [0.15, 0.2) is 18.6 Å². The van der Waals surface area contributed by atoms with Gasteiger partial charge in [-0.2, -0.15) is 0 Å². The maximum atomic E-state index is 12.6. The molecule has 2 amide bonds. The van der Waals surface area contributed by atoms with Crippen LogP contribution in [0, 0.1) is 0 Å². The average molecular weight is 375 g/mol. The van der Waals surface area contributed by atoms with Crippen LogP contribution < -0.4 is 5.32 Å². The molecule has 2 saturated heterocycles. The van der Waals surface area contributed by atoms with Crippen LogP contribution in [-0.4, -0.2) is 81.1 Å². The van der Waals surface area contributed by atoms with E-state index in [1.807, 2.05) is 0 Å². The second-order valence-corrected chi connectivity index (χ2v) is 7.72. The predicted molar refractivity (Wildman–Crippen MR) is 100 cm³/mol. The van der Waals surface area contributed by atoms with Crippen LogP contribution in [0.25, 0.3) is 0 Å². The number of aliphatic hydroxyl groups is 1. The minimum absolute atomic E-state index is 0.0179. The maximum Gasteiger partial charge on any atom is 0.272 e. The lowest BCUT2D eigenvalue weighted by Crippen LogP contribution is -2.50. The zero-order chi connectivity index (χ0) is 19.3. The Morgan fingerprint density at radius 1 is 1.26 bits per heavy atom. The number of aromatic nitrogens is 2. The largest absolute Gasteiger partial charge is 0.388 e. The number of rotatable bonds is 4. The van der Waals surface area contributed by atoms with Crippen LogP contribution in [0.4, 0.5) is 0 Å². The molecule has 3 rings (SSSR count). The SMILES string of the molecule is CC(=O)NC1CCN(CC2(O)CCCN(C(=O)c3ccncn3)CC2)CC1. The van der Waals surface area contributed by atoms with Crippen molar-refractivity contribution in [3.63, 3.8) is 0 Å². The van der Waals surface area contributed by atoms with Crippen molar-refractivity contribution < 1.29 is 14.7 Å². The number of β-amino-alcohol motifs (C(OH)–C–C–N with tert-alkyl or cyclic N) is 1. The van der Waals surface area contributed by atoms with E-state index in [2.05, 4.69) is 20.2 Å². The van der Waals surface area contributed by atoms with Gasteiger partial charge in [-0.3, -0.25) is 9.59 Å². The zero-order valence-corrected chi connectivity index (χ0v) is 15.9. The molecule has 8 nitrogen and oxygen atoms in total. The van der Waals surface area contributed by atoms with Gasteiger partial charge < -0.3 is 20.2 Å². The Balaban J connectivity index is 1.51. The normalized spacial score (nSPS) is 25.0. The molecule has 0 aromatic carbocycles. The van der Waals surface area contributed by atoms with Crippen LogP contribution in [0.2, 0.25) is 0 Å². The molecule has 27 heavy (non-hydrogen) atoms. The van der Waals surface area contributed by atoms with Crippen molar-refractivity contribution in [2.45, 2.75) is 50.7 Å². The highest BCUT2D eigenvalue weighted by atomic mass is 16.3. The fourth-order valence-corrected chi connectivity index (χ4v) is 4.06. The Labute approximate surface area is 160 Å². The van der Waals surface area contributed by atoms with E-state index < -0.39 is 5.60 Å². The molecule has 0 bridgehead atoms. The van der Waals surface area contributed by atoms with Gasteiger partial charge in [-0.25, -0.2) is 9.97 Å². The van der Waals surface area contributed by atoms with Crippen molar-refractivity contribution in [3.05, 3.63) is 24.3 Å². The highest BCUT2D eigenvalue weighted by molar-refractivity contribution is 5.92. The number of amides is 2. The van der Waals surface area contributed by atoms with E-state index in [1.165, 1.54) is 6.33 Å². The van der Waals surface area contributed by atoms with Gasteiger partial charge in [0.25, 0.3) is 5.91 Å². The van der Waals surface area contributed by atoms with Gasteiger partial charge >= 0.3 is 0 Å². The Morgan fingerprint density at radius 2 is 2.04 bits per heavy atom. The molecule has 2 aliphatic heterocycles. The summed E-state index contributed by atoms with van der Waals surface area (Å²) < 4.78 is 0. The summed E-state index contributed by atoms with van der Waals surface area (Å²) in [5.74, 6) is -0.0814. The van der Waals surface area contributed by atoms with Crippen molar-refractivity contribution in [1.82, 2.24) is 25.1 Å². The van der Waals surface area contributed by atoms with Crippen LogP contribution in [0.3, 0.4) is 0 Å². The molecular weight excluding hydrogens is 346 g/mol. The number of hydrogen-bond donors (Lipinski definition) is 2. The van der Waals surface area contributed by atoms with Crippen LogP contribution >= 0.6 is 0 Å². The Hall–Kier alpha value is -2.06. The first-order valence-electron chi connectivity index (χ1n) is 9.72. The summed E-state index contributed by atoms with van der Waals surface area (Å²) in [7, 11) is 0. The van der Waals surface area contributed by atoms with E-state index in [0.717, 1.165) is 32.4 Å². The monoisotopic (exact) mass is 375 g/mol. The van der Waals surface area contributed by atoms with Crippen molar-refractivity contribution in [2.75, 3.05) is 32.7 Å². The van der Waals surface area contributed by atoms with Gasteiger partial charge in [0, 0.05) is 51.9 Å². The van der Waals surface area contributed by atoms with E-state index in [9.17, 15) is 14.7 Å². The van der Waals surface area contributed by atoms with Crippen LogP contribution in [0.1, 0.15) is 49.5 Å². The number of nitrogens with zero attached hydrogens (tertiary/aromatic N) is 4. The highest BCUT2D eigenvalue weighted by Gasteiger charge is 2.34. The number of likely N-dealkylation sites (tertiary alicyclic amines) is 2. The molecule has 0 spiro atoms. The molecule has 148 valence electrons. The van der Waals surface area contributed by atoms with Gasteiger partial charge in [0.05, 0.1) is 5.60 Å². The van der Waals surface area contributed by atoms with Crippen molar-refractivity contribution in [2.24, 2.45) is 0 Å². The molecule has 0 saturated carbocycles. The van der Waals surface area contributed by atoms with E-state index >= 15 is 0 Å². The molecule has 1 atom stereocenters. The summed E-state index contributed by atoms with van der Waals surface area (Å²) in [5, 5.41) is 14.1. The third kappa shape index (κ3) is 5.46. The van der Waals surface area contributed by atoms with Crippen LogP contribution in [-0.2, 0) is 4.79 Å². The number of carbonyl (C=O) groups is 2. The number of hydrogen-bond acceptors (Lipinski definition) is 6. The van der Waals surface area contributed by atoms with Gasteiger partial charge in [-0.1, -0.05) is 0 Å². The minimum Gasteiger partial charge on any atom is -0.388 e. The molecule has 8 heteroatoms. The molecule has 2 aliphatic rings. The van der Waals surface area contributed by atoms with E-state index in [0.29, 0.717) is 38.2 Å². The van der Waals surface area contributed by atoms with E-state index in [-0.39, 0.29) is 17.9 Å². The lowest BCUT2D eigenvalue weighted by molar-refractivity contribution is -0.120. The van der Waals surface area contributed by atoms with Crippen molar-refractivity contribution in [3.8, 4) is 0 Å². The van der Waals surface area contributed by atoms with Gasteiger partial charge in [0.2, 0.25) is 5.91 Å². The summed E-state index contributed by atoms with van der Waals surface area (Å²) in [6, 6.07) is 1.86. The summed E-state index contributed by atoms with van der Waals surface area (Å²) in [4.78, 5) is 35.7. The first kappa shape index (κ1) is 19.7. The van der Waals surface area contributed by atoms with Crippen molar-refractivity contribution >= 4 is 11.8 Å². The molecule has 1 aromatic heterocycles. The predicted octanol–water partition coefficient (Wildman–Crippen LogP) is 0.434. The first-order valence-corrected chi connectivity index (χ1v) is 9.72. The Kier molecular flexibility index (Phi) is 6.38. The fourth-order valence-electron chi connectivity index (χ4n) is 4.06. The molecule has 2 N–H and O–H groups in total. The molecule has 0 aliphatic carbocycles. The number of carbonyl (C=O) groups excluding carboxylic acids is 2. The lowest BCUT2D eigenvalue weighted by Gasteiger charge is -2.38. The number of piperidine rings is 1. The fraction of sp³-hybridized carbons (Fsp3) is 0.684. The standard InChI is InChI=1S/C19H29N5O3/c1-15(25)22-16-4-10-23(11-5-16)13-19(27)6-2-9-24(12-7-19)18(26)17-3-8-20-14-21-17/h3,8,14,16,27H,2,4-7,9-13H2,1H3,(H,22,25). The molecule has 1 aromatic rings. The molecule has 1 unspecified atom stereocenters. The molecule has 2 fully saturated rings. The third-order valence-electron chi connectivity index (χ3n) is 5.52. The van der Waals surface area contributed by atoms with Gasteiger partial charge in [-0.05, 0) is 38.2 Å². The van der Waals surface area contributed by atoms with Gasteiger partial charge in [0.1, 0.15) is 12.0 Å². The molecular formula is C19H29N5O3. The van der Waals surface area contributed by atoms with Crippen molar-refractivity contribution in [1.29, 1.82) is 0 Å². The van der Waals surface area contributed by atoms with Crippen LogP contribution in [0.5, 0.6) is 0 Å². The third-order valence-corrected chi connectivity index (χ3v) is 5.52. The number of nitrogens with one attached hydrogen (secondary N) is 1. The lowest BCUT2D eigenvalue weighted by atomic mass is 9.93. The summed E-state index contributed by atoms with van der Waals surface area (Å²) in [6.45, 7) is 5.08. The average Bonchev–Trinajstić information content (AvgIpc) is 2.85. The summed E-state index contributed by atoms with van der Waals surface area (Å²) in [5.41, 5.74) is -0.378. The topological polar surface area (TPSA) is 98.7 Å². The first-order chi connectivity index (χ1) is 13.0. The summed E-state index contributed by atoms with van der Waals surface area (Å²) in [6.07, 6.45) is 6.80. The zero-order valence-electron chi connectivity index (χ0n) is 15.9. The smallest absolute Gasteiger partial charge is 0.272 e.